The summed E-state index contributed by atoms with van der Waals surface area (Å²) in [7, 11) is 1.65. The fourth-order valence-corrected chi connectivity index (χ4v) is 3.08. The Morgan fingerprint density at radius 3 is 2.58 bits per heavy atom. The third kappa shape index (κ3) is 3.04. The predicted octanol–water partition coefficient (Wildman–Crippen LogP) is 3.76. The molecule has 4 heteroatoms. The van der Waals surface area contributed by atoms with E-state index in [1.807, 2.05) is 55.5 Å². The van der Waals surface area contributed by atoms with Crippen LogP contribution in [0.5, 0.6) is 5.75 Å². The van der Waals surface area contributed by atoms with Gasteiger partial charge in [0, 0.05) is 30.9 Å². The molecule has 2 aromatic rings. The fraction of sp³-hybridized carbons (Fsp3) is 0.300. The van der Waals surface area contributed by atoms with Gasteiger partial charge in [0.05, 0.1) is 12.8 Å². The molecule has 1 aliphatic rings. The third-order valence-corrected chi connectivity index (χ3v) is 4.29. The van der Waals surface area contributed by atoms with Crippen LogP contribution < -0.4 is 4.74 Å². The molecule has 0 saturated heterocycles. The maximum atomic E-state index is 11.6. The lowest BCUT2D eigenvalue weighted by molar-refractivity contribution is -0.156. The van der Waals surface area contributed by atoms with Gasteiger partial charge in [0.15, 0.2) is 0 Å². The van der Waals surface area contributed by atoms with Crippen LogP contribution >= 0.6 is 0 Å². The molecule has 0 N–H and O–H groups in total. The summed E-state index contributed by atoms with van der Waals surface area (Å²) in [5.41, 5.74) is 3.11. The Kier molecular flexibility index (Phi) is 4.38. The second-order valence-corrected chi connectivity index (χ2v) is 5.92. The van der Waals surface area contributed by atoms with Crippen LogP contribution in [0.3, 0.4) is 0 Å². The van der Waals surface area contributed by atoms with Gasteiger partial charge in [-0.05, 0) is 17.7 Å². The molecule has 2 aromatic carbocycles. The van der Waals surface area contributed by atoms with Gasteiger partial charge in [-0.25, -0.2) is 4.99 Å². The highest BCUT2D eigenvalue weighted by Gasteiger charge is 2.37. The molecular formula is C20H21NO3. The molecule has 1 unspecified atom stereocenters. The average molecular weight is 323 g/mol. The van der Waals surface area contributed by atoms with Crippen LogP contribution in [0.1, 0.15) is 37.0 Å². The number of benzene rings is 2. The number of ether oxygens (including phenoxy) is 2. The molecule has 0 radical (unpaired) electrons. The minimum Gasteiger partial charge on any atom is -0.497 e. The number of nitrogens with zero attached hydrogens (tertiary/aromatic N) is 1. The zero-order valence-corrected chi connectivity index (χ0v) is 14.2. The lowest BCUT2D eigenvalue weighted by atomic mass is 9.87. The quantitative estimate of drug-likeness (QED) is 0.805. The van der Waals surface area contributed by atoms with E-state index in [4.69, 9.17) is 14.5 Å². The molecule has 1 aliphatic heterocycles. The number of rotatable bonds is 4. The minimum atomic E-state index is -0.849. The van der Waals surface area contributed by atoms with Crippen molar-refractivity contribution in [1.82, 2.24) is 0 Å². The van der Waals surface area contributed by atoms with Gasteiger partial charge in [-0.15, -0.1) is 0 Å². The highest BCUT2D eigenvalue weighted by atomic mass is 16.6. The molecule has 0 saturated carbocycles. The Labute approximate surface area is 142 Å². The lowest BCUT2D eigenvalue weighted by Crippen LogP contribution is -2.39. The van der Waals surface area contributed by atoms with E-state index in [1.54, 1.807) is 7.11 Å². The summed E-state index contributed by atoms with van der Waals surface area (Å²) < 4.78 is 11.0. The summed E-state index contributed by atoms with van der Waals surface area (Å²) in [6.45, 7) is 3.42. The minimum absolute atomic E-state index is 0.315. The van der Waals surface area contributed by atoms with Crippen LogP contribution in [0.2, 0.25) is 0 Å². The second kappa shape index (κ2) is 6.48. The van der Waals surface area contributed by atoms with Gasteiger partial charge < -0.3 is 9.47 Å². The van der Waals surface area contributed by atoms with E-state index in [0.717, 1.165) is 28.2 Å². The summed E-state index contributed by atoms with van der Waals surface area (Å²) in [5, 5.41) is 0. The number of aliphatic imine (C=N–C) groups is 1. The first kappa shape index (κ1) is 16.2. The van der Waals surface area contributed by atoms with Gasteiger partial charge in [0.2, 0.25) is 5.72 Å². The molecule has 0 amide bonds. The van der Waals surface area contributed by atoms with E-state index in [9.17, 15) is 4.79 Å². The summed E-state index contributed by atoms with van der Waals surface area (Å²) in [6, 6.07) is 15.9. The summed E-state index contributed by atoms with van der Waals surface area (Å²) >= 11 is 0. The first-order valence-corrected chi connectivity index (χ1v) is 8.09. The zero-order chi connectivity index (χ0) is 17.2. The summed E-state index contributed by atoms with van der Waals surface area (Å²) in [6.07, 6.45) is 1.19. The van der Waals surface area contributed by atoms with Gasteiger partial charge in [-0.3, -0.25) is 4.79 Å². The van der Waals surface area contributed by atoms with Crippen molar-refractivity contribution in [2.24, 2.45) is 4.99 Å². The molecule has 4 nitrogen and oxygen atoms in total. The fourth-order valence-electron chi connectivity index (χ4n) is 3.08. The number of fused-ring (bicyclic) bond motifs is 1. The Balaban J connectivity index is 2.19. The standard InChI is InChI=1S/C20H21NO3/c1-4-20(24-14(2)22)13-16-10-11-17(23-3)12-18(16)19(21-20)15-8-6-5-7-9-15/h5-12H,4,13H2,1-3H3. The molecule has 0 fully saturated rings. The van der Waals surface area contributed by atoms with Gasteiger partial charge in [-0.1, -0.05) is 43.3 Å². The molecule has 0 bridgehead atoms. The summed E-state index contributed by atoms with van der Waals surface area (Å²) in [5.74, 6) is 0.471. The number of carbonyl (C=O) groups excluding carboxylic acids is 1. The van der Waals surface area contributed by atoms with E-state index in [0.29, 0.717) is 12.8 Å². The third-order valence-electron chi connectivity index (χ3n) is 4.29. The average Bonchev–Trinajstić information content (AvgIpc) is 2.61. The van der Waals surface area contributed by atoms with Crippen molar-refractivity contribution in [3.05, 3.63) is 65.2 Å². The van der Waals surface area contributed by atoms with E-state index in [2.05, 4.69) is 0 Å². The van der Waals surface area contributed by atoms with Crippen LogP contribution in [-0.4, -0.2) is 24.5 Å². The number of carbonyl (C=O) groups is 1. The van der Waals surface area contributed by atoms with E-state index in [-0.39, 0.29) is 5.97 Å². The zero-order valence-electron chi connectivity index (χ0n) is 14.2. The van der Waals surface area contributed by atoms with Crippen molar-refractivity contribution in [2.45, 2.75) is 32.4 Å². The number of methoxy groups -OCH3 is 1. The molecule has 3 rings (SSSR count). The topological polar surface area (TPSA) is 47.9 Å². The number of hydrogen-bond donors (Lipinski definition) is 0. The maximum Gasteiger partial charge on any atom is 0.304 e. The van der Waals surface area contributed by atoms with E-state index < -0.39 is 5.72 Å². The first-order valence-electron chi connectivity index (χ1n) is 8.09. The van der Waals surface area contributed by atoms with Crippen LogP contribution in [-0.2, 0) is 16.0 Å². The van der Waals surface area contributed by atoms with Crippen molar-refractivity contribution in [1.29, 1.82) is 0 Å². The molecule has 24 heavy (non-hydrogen) atoms. The van der Waals surface area contributed by atoms with E-state index >= 15 is 0 Å². The van der Waals surface area contributed by atoms with Crippen LogP contribution in [0.4, 0.5) is 0 Å². The van der Waals surface area contributed by atoms with Crippen molar-refractivity contribution >= 4 is 11.7 Å². The SMILES string of the molecule is CCC1(OC(C)=O)Cc2ccc(OC)cc2C(c2ccccc2)=N1. The molecule has 0 aliphatic carbocycles. The lowest BCUT2D eigenvalue weighted by Gasteiger charge is -2.34. The van der Waals surface area contributed by atoms with Crippen molar-refractivity contribution < 1.29 is 14.3 Å². The molecule has 0 aromatic heterocycles. The second-order valence-electron chi connectivity index (χ2n) is 5.92. The van der Waals surface area contributed by atoms with Gasteiger partial charge in [0.1, 0.15) is 5.75 Å². The molecule has 0 spiro atoms. The molecule has 1 heterocycles. The Morgan fingerprint density at radius 2 is 1.96 bits per heavy atom. The highest BCUT2D eigenvalue weighted by molar-refractivity contribution is 6.14. The van der Waals surface area contributed by atoms with Crippen molar-refractivity contribution in [3.63, 3.8) is 0 Å². The number of hydrogen-bond acceptors (Lipinski definition) is 4. The van der Waals surface area contributed by atoms with Gasteiger partial charge in [-0.2, -0.15) is 0 Å². The Morgan fingerprint density at radius 1 is 1.21 bits per heavy atom. The monoisotopic (exact) mass is 323 g/mol. The first-order chi connectivity index (χ1) is 11.6. The number of esters is 1. The molecule has 124 valence electrons. The smallest absolute Gasteiger partial charge is 0.304 e. The van der Waals surface area contributed by atoms with Crippen LogP contribution in [0.15, 0.2) is 53.5 Å². The maximum absolute atomic E-state index is 11.6. The Hall–Kier alpha value is -2.62. The Bertz CT molecular complexity index is 783. The highest BCUT2D eigenvalue weighted by Crippen LogP contribution is 2.34. The van der Waals surface area contributed by atoms with Crippen molar-refractivity contribution in [2.75, 3.05) is 7.11 Å². The summed E-state index contributed by atoms with van der Waals surface area (Å²) in [4.78, 5) is 16.5. The predicted molar refractivity (Wildman–Crippen MR) is 93.6 cm³/mol. The largest absolute Gasteiger partial charge is 0.497 e. The molecular weight excluding hydrogens is 302 g/mol. The normalized spacial score (nSPS) is 19.2. The van der Waals surface area contributed by atoms with Gasteiger partial charge in [0.25, 0.3) is 0 Å². The van der Waals surface area contributed by atoms with E-state index in [1.165, 1.54) is 6.92 Å². The van der Waals surface area contributed by atoms with Gasteiger partial charge >= 0.3 is 5.97 Å². The molecule has 1 atom stereocenters. The van der Waals surface area contributed by atoms with Crippen molar-refractivity contribution in [3.8, 4) is 5.75 Å². The van der Waals surface area contributed by atoms with Crippen LogP contribution in [0, 0.1) is 0 Å². The van der Waals surface area contributed by atoms with Crippen LogP contribution in [0.25, 0.3) is 0 Å².